The van der Waals surface area contributed by atoms with Crippen molar-refractivity contribution in [3.05, 3.63) is 58.7 Å². The van der Waals surface area contributed by atoms with Crippen LogP contribution in [-0.2, 0) is 13.0 Å². The van der Waals surface area contributed by atoms with Crippen LogP contribution in [0.3, 0.4) is 0 Å². The van der Waals surface area contributed by atoms with Crippen molar-refractivity contribution < 1.29 is 8.91 Å². The SMILES string of the molecule is [2H]C([2H])([2H])N1CCC(=C2c3ccccc3CCn3c(C=O)cnc32)CC1. The smallest absolute Gasteiger partial charge is 0.168 e. The van der Waals surface area contributed by atoms with E-state index < -0.39 is 6.98 Å². The van der Waals surface area contributed by atoms with Gasteiger partial charge in [-0.2, -0.15) is 0 Å². The normalized spacial score (nSPS) is 20.8. The van der Waals surface area contributed by atoms with Crippen LogP contribution >= 0.6 is 0 Å². The maximum absolute atomic E-state index is 11.4. The lowest BCUT2D eigenvalue weighted by molar-refractivity contribution is 0.111. The van der Waals surface area contributed by atoms with Crippen LogP contribution in [0.25, 0.3) is 5.57 Å². The van der Waals surface area contributed by atoms with Crippen LogP contribution in [0.2, 0.25) is 0 Å². The molecule has 2 aliphatic rings. The summed E-state index contributed by atoms with van der Waals surface area (Å²) in [7, 11) is 0. The first-order valence-electron chi connectivity index (χ1n) is 9.55. The number of hydrogen-bond donors (Lipinski definition) is 0. The van der Waals surface area contributed by atoms with Crippen LogP contribution in [0, 0.1) is 0 Å². The van der Waals surface area contributed by atoms with Crippen LogP contribution < -0.4 is 0 Å². The van der Waals surface area contributed by atoms with Crippen molar-refractivity contribution in [1.29, 1.82) is 0 Å². The molecule has 1 aromatic heterocycles. The zero-order valence-electron chi connectivity index (χ0n) is 16.0. The highest BCUT2D eigenvalue weighted by Crippen LogP contribution is 2.35. The van der Waals surface area contributed by atoms with E-state index in [0.29, 0.717) is 31.6 Å². The predicted molar refractivity (Wildman–Crippen MR) is 90.5 cm³/mol. The topological polar surface area (TPSA) is 38.1 Å². The molecule has 0 radical (unpaired) electrons. The molecule has 0 amide bonds. The van der Waals surface area contributed by atoms with E-state index in [9.17, 15) is 4.79 Å². The number of imidazole rings is 1. The molecule has 0 unspecified atom stereocenters. The molecule has 0 spiro atoms. The zero-order chi connectivity index (χ0) is 18.3. The van der Waals surface area contributed by atoms with Crippen molar-refractivity contribution in [2.24, 2.45) is 0 Å². The Morgan fingerprint density at radius 2 is 2.00 bits per heavy atom. The molecule has 0 bridgehead atoms. The van der Waals surface area contributed by atoms with Gasteiger partial charge in [0, 0.05) is 29.3 Å². The Labute approximate surface area is 140 Å². The van der Waals surface area contributed by atoms with Gasteiger partial charge in [0.05, 0.1) is 6.20 Å². The number of carbonyl (C=O) groups is 1. The molecule has 0 saturated carbocycles. The standard InChI is InChI=1S/C19H21N3O/c1-21-9-6-15(7-10-21)18-17-5-3-2-4-14(17)8-11-22-16(13-23)12-20-19(18)22/h2-5,12-13H,6-11H2,1H3/i1D3. The maximum Gasteiger partial charge on any atom is 0.168 e. The number of aryl methyl sites for hydroxylation is 1. The lowest BCUT2D eigenvalue weighted by Crippen LogP contribution is -2.27. The minimum atomic E-state index is -2.04. The van der Waals surface area contributed by atoms with E-state index in [2.05, 4.69) is 17.1 Å². The first kappa shape index (κ1) is 11.4. The van der Waals surface area contributed by atoms with E-state index >= 15 is 0 Å². The number of hydrogen-bond acceptors (Lipinski definition) is 3. The van der Waals surface area contributed by atoms with Gasteiger partial charge < -0.3 is 9.47 Å². The minimum absolute atomic E-state index is 0.513. The molecule has 3 heterocycles. The van der Waals surface area contributed by atoms with Crippen LogP contribution in [0.15, 0.2) is 36.0 Å². The second-order valence-electron chi connectivity index (χ2n) is 6.15. The van der Waals surface area contributed by atoms with E-state index in [-0.39, 0.29) is 0 Å². The summed E-state index contributed by atoms with van der Waals surface area (Å²) in [6.45, 7) is -0.295. The van der Waals surface area contributed by atoms with Gasteiger partial charge in [0.2, 0.25) is 0 Å². The van der Waals surface area contributed by atoms with Gasteiger partial charge in [-0.25, -0.2) is 4.98 Å². The molecular formula is C19H21N3O. The molecule has 4 nitrogen and oxygen atoms in total. The Balaban J connectivity index is 1.82. The molecule has 4 rings (SSSR count). The van der Waals surface area contributed by atoms with Gasteiger partial charge >= 0.3 is 0 Å². The van der Waals surface area contributed by atoms with Gasteiger partial charge in [-0.15, -0.1) is 0 Å². The van der Waals surface area contributed by atoms with Gasteiger partial charge in [0.25, 0.3) is 0 Å². The van der Waals surface area contributed by atoms with Crippen molar-refractivity contribution in [3.8, 4) is 0 Å². The molecule has 1 saturated heterocycles. The Hall–Kier alpha value is -2.20. The summed E-state index contributed by atoms with van der Waals surface area (Å²) in [6.07, 6.45) is 4.73. The quantitative estimate of drug-likeness (QED) is 0.760. The highest BCUT2D eigenvalue weighted by molar-refractivity contribution is 5.83. The van der Waals surface area contributed by atoms with Crippen molar-refractivity contribution in [2.75, 3.05) is 20.1 Å². The van der Waals surface area contributed by atoms with E-state index in [4.69, 9.17) is 4.11 Å². The Morgan fingerprint density at radius 3 is 2.78 bits per heavy atom. The fourth-order valence-electron chi connectivity index (χ4n) is 3.63. The first-order valence-corrected chi connectivity index (χ1v) is 8.05. The number of rotatable bonds is 1. The minimum Gasteiger partial charge on any atom is -0.321 e. The van der Waals surface area contributed by atoms with Crippen LogP contribution in [0.4, 0.5) is 0 Å². The monoisotopic (exact) mass is 310 g/mol. The number of benzene rings is 1. The lowest BCUT2D eigenvalue weighted by atomic mass is 9.90. The highest BCUT2D eigenvalue weighted by atomic mass is 16.1. The van der Waals surface area contributed by atoms with Gasteiger partial charge in [0.15, 0.2) is 6.29 Å². The summed E-state index contributed by atoms with van der Waals surface area (Å²) in [6, 6.07) is 8.29. The average Bonchev–Trinajstić information content (AvgIpc) is 2.96. The third-order valence-electron chi connectivity index (χ3n) is 4.84. The molecule has 4 heteroatoms. The van der Waals surface area contributed by atoms with Gasteiger partial charge in [-0.05, 0) is 37.4 Å². The van der Waals surface area contributed by atoms with Crippen molar-refractivity contribution >= 4 is 11.9 Å². The van der Waals surface area contributed by atoms with E-state index in [1.807, 2.05) is 16.7 Å². The van der Waals surface area contributed by atoms with Crippen molar-refractivity contribution in [2.45, 2.75) is 25.8 Å². The molecule has 2 aliphatic heterocycles. The van der Waals surface area contributed by atoms with Gasteiger partial charge in [-0.1, -0.05) is 29.8 Å². The molecule has 0 atom stereocenters. The molecule has 1 aromatic carbocycles. The number of piperidine rings is 1. The summed E-state index contributed by atoms with van der Waals surface area (Å²) in [4.78, 5) is 17.5. The Bertz CT molecular complexity index is 872. The molecule has 0 N–H and O–H groups in total. The molecule has 2 aromatic rings. The number of likely N-dealkylation sites (tertiary alicyclic amines) is 1. The molecule has 0 aliphatic carbocycles. The fourth-order valence-corrected chi connectivity index (χ4v) is 3.63. The number of carbonyl (C=O) groups excluding carboxylic acids is 1. The largest absolute Gasteiger partial charge is 0.321 e. The predicted octanol–water partition coefficient (Wildman–Crippen LogP) is 2.78. The molecule has 1 fully saturated rings. The summed E-state index contributed by atoms with van der Waals surface area (Å²) in [5.74, 6) is 0.828. The third-order valence-corrected chi connectivity index (χ3v) is 4.84. The second kappa shape index (κ2) is 5.78. The number of fused-ring (bicyclic) bond motifs is 2. The van der Waals surface area contributed by atoms with E-state index in [1.165, 1.54) is 11.1 Å². The van der Waals surface area contributed by atoms with E-state index in [0.717, 1.165) is 36.2 Å². The summed E-state index contributed by atoms with van der Waals surface area (Å²) in [5, 5.41) is 0. The molecular weight excluding hydrogens is 286 g/mol. The van der Waals surface area contributed by atoms with Gasteiger partial charge in [0.1, 0.15) is 11.5 Å². The summed E-state index contributed by atoms with van der Waals surface area (Å²) < 4.78 is 24.9. The molecule has 23 heavy (non-hydrogen) atoms. The highest BCUT2D eigenvalue weighted by Gasteiger charge is 2.25. The Morgan fingerprint density at radius 1 is 1.17 bits per heavy atom. The van der Waals surface area contributed by atoms with Crippen LogP contribution in [0.5, 0.6) is 0 Å². The summed E-state index contributed by atoms with van der Waals surface area (Å²) >= 11 is 0. The first-order chi connectivity index (χ1) is 12.5. The number of aromatic nitrogens is 2. The average molecular weight is 310 g/mol. The third kappa shape index (κ3) is 2.43. The second-order valence-corrected chi connectivity index (χ2v) is 6.15. The Kier molecular flexibility index (Phi) is 2.85. The number of nitrogens with zero attached hydrogens (tertiary/aromatic N) is 3. The maximum atomic E-state index is 11.4. The fraction of sp³-hybridized carbons (Fsp3) is 0.368. The zero-order valence-corrected chi connectivity index (χ0v) is 13.0. The van der Waals surface area contributed by atoms with Crippen LogP contribution in [-0.4, -0.2) is 40.8 Å². The van der Waals surface area contributed by atoms with Crippen molar-refractivity contribution in [3.63, 3.8) is 0 Å². The summed E-state index contributed by atoms with van der Waals surface area (Å²) in [5.41, 5.74) is 5.30. The van der Waals surface area contributed by atoms with Crippen LogP contribution in [0.1, 0.15) is 44.4 Å². The number of aldehydes is 1. The molecule has 118 valence electrons. The van der Waals surface area contributed by atoms with Gasteiger partial charge in [-0.3, -0.25) is 4.79 Å². The van der Waals surface area contributed by atoms with E-state index in [1.54, 1.807) is 11.1 Å². The lowest BCUT2D eigenvalue weighted by Gasteiger charge is -2.26. The van der Waals surface area contributed by atoms with Crippen molar-refractivity contribution in [1.82, 2.24) is 14.5 Å².